The van der Waals surface area contributed by atoms with E-state index in [2.05, 4.69) is 5.32 Å². The van der Waals surface area contributed by atoms with Crippen molar-refractivity contribution in [1.82, 2.24) is 0 Å². The molecule has 0 spiro atoms. The van der Waals surface area contributed by atoms with Crippen molar-refractivity contribution in [1.29, 1.82) is 0 Å². The molecule has 0 aliphatic carbocycles. The number of esters is 5. The summed E-state index contributed by atoms with van der Waals surface area (Å²) in [6.45, 7) is 4.54. The third-order valence-corrected chi connectivity index (χ3v) is 3.95. The highest BCUT2D eigenvalue weighted by molar-refractivity contribution is 5.96. The van der Waals surface area contributed by atoms with Crippen LogP contribution in [0.4, 0.5) is 5.69 Å². The first-order valence-corrected chi connectivity index (χ1v) is 10.1. The fourth-order valence-electron chi connectivity index (χ4n) is 2.83. The minimum absolute atomic E-state index is 0.326. The van der Waals surface area contributed by atoms with Crippen molar-refractivity contribution in [3.63, 3.8) is 0 Å². The Morgan fingerprint density at radius 2 is 1.18 bits per heavy atom. The van der Waals surface area contributed by atoms with Crippen molar-refractivity contribution in [3.8, 4) is 0 Å². The van der Waals surface area contributed by atoms with E-state index in [0.29, 0.717) is 5.69 Å². The highest BCUT2D eigenvalue weighted by Gasteiger charge is 2.47. The van der Waals surface area contributed by atoms with Gasteiger partial charge in [-0.15, -0.1) is 0 Å². The fraction of sp³-hybridized carbons (Fsp3) is 0.455. The van der Waals surface area contributed by atoms with Crippen LogP contribution in [0.2, 0.25) is 0 Å². The molecule has 12 heteroatoms. The molecule has 1 aromatic rings. The number of carbonyl (C=O) groups excluding carboxylic acids is 6. The van der Waals surface area contributed by atoms with E-state index >= 15 is 0 Å². The molecular weight excluding hydrogens is 454 g/mol. The molecule has 0 radical (unpaired) electrons. The molecule has 0 bridgehead atoms. The summed E-state index contributed by atoms with van der Waals surface area (Å²) in [5, 5.41) is 2.50. The molecule has 1 amide bonds. The molecule has 34 heavy (non-hydrogen) atoms. The number of benzene rings is 1. The summed E-state index contributed by atoms with van der Waals surface area (Å²) in [6.07, 6.45) is -6.84. The normalized spacial score (nSPS) is 13.8. The second-order valence-corrected chi connectivity index (χ2v) is 6.98. The molecule has 0 saturated heterocycles. The Morgan fingerprint density at radius 1 is 0.676 bits per heavy atom. The number of hydrogen-bond donors (Lipinski definition) is 1. The van der Waals surface area contributed by atoms with Gasteiger partial charge < -0.3 is 29.0 Å². The Bertz CT molecular complexity index is 899. The highest BCUT2D eigenvalue weighted by atomic mass is 16.6. The minimum Gasteiger partial charge on any atom is -0.462 e. The van der Waals surface area contributed by atoms with Crippen LogP contribution in [0.1, 0.15) is 34.6 Å². The lowest BCUT2D eigenvalue weighted by Gasteiger charge is -2.34. The summed E-state index contributed by atoms with van der Waals surface area (Å²) in [4.78, 5) is 71.6. The molecule has 1 rings (SSSR count). The van der Waals surface area contributed by atoms with Gasteiger partial charge in [0.2, 0.25) is 6.10 Å². The van der Waals surface area contributed by atoms with Crippen LogP contribution >= 0.6 is 0 Å². The number of carbonyl (C=O) groups is 6. The molecule has 0 aliphatic heterocycles. The SMILES string of the molecule is CC(=O)OC[C@H](OC(C)=O)[C@H](OC(C)=O)[C@H](OC(C)=O)[C@H](OC(C)=O)C(=O)Nc1ccccc1. The molecule has 4 atom stereocenters. The number of ether oxygens (including phenoxy) is 5. The summed E-state index contributed by atoms with van der Waals surface area (Å²) in [5.41, 5.74) is 0.326. The first kappa shape index (κ1) is 28.1. The maximum atomic E-state index is 13.1. The van der Waals surface area contributed by atoms with Crippen LogP contribution in [0.5, 0.6) is 0 Å². The van der Waals surface area contributed by atoms with Crippen LogP contribution in [0.15, 0.2) is 30.3 Å². The van der Waals surface area contributed by atoms with E-state index in [1.165, 1.54) is 0 Å². The smallest absolute Gasteiger partial charge is 0.303 e. The molecule has 0 aliphatic rings. The monoisotopic (exact) mass is 481 g/mol. The standard InChI is InChI=1S/C22H27NO11/c1-12(24)30-11-18(31-13(2)25)19(32-14(3)26)20(33-15(4)27)21(34-16(5)28)22(29)23-17-9-7-6-8-10-17/h6-10,18-21H,11H2,1-5H3,(H,23,29)/t18-,19-,20-,21-/m0/s1. The molecule has 12 nitrogen and oxygen atoms in total. The van der Waals surface area contributed by atoms with Crippen molar-refractivity contribution < 1.29 is 52.5 Å². The molecule has 186 valence electrons. The first-order chi connectivity index (χ1) is 15.9. The maximum absolute atomic E-state index is 13.1. The number of hydrogen-bond acceptors (Lipinski definition) is 11. The molecule has 0 heterocycles. The lowest BCUT2D eigenvalue weighted by atomic mass is 10.0. The Balaban J connectivity index is 3.50. The number of para-hydroxylation sites is 1. The Morgan fingerprint density at radius 3 is 1.65 bits per heavy atom. The second kappa shape index (κ2) is 13.6. The van der Waals surface area contributed by atoms with Gasteiger partial charge in [0.05, 0.1) is 0 Å². The summed E-state index contributed by atoms with van der Waals surface area (Å²) < 4.78 is 25.6. The third kappa shape index (κ3) is 10.1. The summed E-state index contributed by atoms with van der Waals surface area (Å²) in [5.74, 6) is -5.29. The number of anilines is 1. The van der Waals surface area contributed by atoms with Gasteiger partial charge in [-0.2, -0.15) is 0 Å². The van der Waals surface area contributed by atoms with E-state index in [9.17, 15) is 28.8 Å². The van der Waals surface area contributed by atoms with Gasteiger partial charge in [-0.25, -0.2) is 0 Å². The molecule has 0 aromatic heterocycles. The van der Waals surface area contributed by atoms with Gasteiger partial charge >= 0.3 is 29.8 Å². The average molecular weight is 481 g/mol. The Hall–Kier alpha value is -3.96. The van der Waals surface area contributed by atoms with Crippen molar-refractivity contribution >= 4 is 41.4 Å². The van der Waals surface area contributed by atoms with E-state index in [1.54, 1.807) is 30.3 Å². The zero-order chi connectivity index (χ0) is 25.8. The van der Waals surface area contributed by atoms with E-state index < -0.39 is 66.8 Å². The van der Waals surface area contributed by atoms with Crippen molar-refractivity contribution in [2.75, 3.05) is 11.9 Å². The molecule has 0 fully saturated rings. The number of amides is 1. The zero-order valence-corrected chi connectivity index (χ0v) is 19.4. The predicted octanol–water partition coefficient (Wildman–Crippen LogP) is 0.915. The van der Waals surface area contributed by atoms with Crippen molar-refractivity contribution in [2.24, 2.45) is 0 Å². The summed E-state index contributed by atoms with van der Waals surface area (Å²) in [7, 11) is 0. The number of rotatable bonds is 11. The van der Waals surface area contributed by atoms with Crippen LogP contribution in [0, 0.1) is 0 Å². The fourth-order valence-corrected chi connectivity index (χ4v) is 2.83. The van der Waals surface area contributed by atoms with Crippen molar-refractivity contribution in [3.05, 3.63) is 30.3 Å². The van der Waals surface area contributed by atoms with Gasteiger partial charge in [-0.1, -0.05) is 18.2 Å². The van der Waals surface area contributed by atoms with Gasteiger partial charge in [0, 0.05) is 40.3 Å². The van der Waals surface area contributed by atoms with E-state index in [4.69, 9.17) is 23.7 Å². The Labute approximate surface area is 195 Å². The largest absolute Gasteiger partial charge is 0.462 e. The summed E-state index contributed by atoms with van der Waals surface area (Å²) in [6, 6.07) is 8.08. The Kier molecular flexibility index (Phi) is 11.2. The maximum Gasteiger partial charge on any atom is 0.303 e. The van der Waals surface area contributed by atoms with Gasteiger partial charge in [0.1, 0.15) is 6.61 Å². The van der Waals surface area contributed by atoms with Crippen LogP contribution in [0.25, 0.3) is 0 Å². The summed E-state index contributed by atoms with van der Waals surface area (Å²) >= 11 is 0. The van der Waals surface area contributed by atoms with Gasteiger partial charge in [-0.05, 0) is 12.1 Å². The topological polar surface area (TPSA) is 161 Å². The van der Waals surface area contributed by atoms with Crippen LogP contribution in [0.3, 0.4) is 0 Å². The van der Waals surface area contributed by atoms with E-state index in [0.717, 1.165) is 34.6 Å². The van der Waals surface area contributed by atoms with Gasteiger partial charge in [-0.3, -0.25) is 28.8 Å². The zero-order valence-electron chi connectivity index (χ0n) is 19.4. The van der Waals surface area contributed by atoms with Gasteiger partial charge in [0.15, 0.2) is 18.3 Å². The van der Waals surface area contributed by atoms with E-state index in [1.807, 2.05) is 0 Å². The van der Waals surface area contributed by atoms with Crippen molar-refractivity contribution in [2.45, 2.75) is 59.0 Å². The average Bonchev–Trinajstić information content (AvgIpc) is 2.72. The molecule has 0 saturated carbocycles. The molecule has 1 N–H and O–H groups in total. The van der Waals surface area contributed by atoms with Crippen LogP contribution in [-0.4, -0.2) is 66.8 Å². The molecule has 0 unspecified atom stereocenters. The lowest BCUT2D eigenvalue weighted by molar-refractivity contribution is -0.202. The number of nitrogens with one attached hydrogen (secondary N) is 1. The predicted molar refractivity (Wildman–Crippen MR) is 114 cm³/mol. The molecular formula is C22H27NO11. The van der Waals surface area contributed by atoms with Crippen LogP contribution in [-0.2, 0) is 52.5 Å². The molecule has 1 aromatic carbocycles. The second-order valence-electron chi connectivity index (χ2n) is 6.98. The van der Waals surface area contributed by atoms with Gasteiger partial charge in [0.25, 0.3) is 5.91 Å². The third-order valence-electron chi connectivity index (χ3n) is 3.95. The highest BCUT2D eigenvalue weighted by Crippen LogP contribution is 2.21. The first-order valence-electron chi connectivity index (χ1n) is 10.1. The van der Waals surface area contributed by atoms with E-state index in [-0.39, 0.29) is 0 Å². The minimum atomic E-state index is -1.85. The quantitative estimate of drug-likeness (QED) is 0.353. The van der Waals surface area contributed by atoms with Crippen LogP contribution < -0.4 is 5.32 Å². The lowest BCUT2D eigenvalue weighted by Crippen LogP contribution is -2.56.